The number of hydrogen-bond donors (Lipinski definition) is 0. The van der Waals surface area contributed by atoms with Gasteiger partial charge < -0.3 is 9.32 Å². The van der Waals surface area contributed by atoms with Crippen molar-refractivity contribution in [2.75, 3.05) is 4.90 Å². The summed E-state index contributed by atoms with van der Waals surface area (Å²) in [6.07, 6.45) is 14.4. The number of allylic oxidation sites excluding steroid dienone is 6. The van der Waals surface area contributed by atoms with Crippen LogP contribution in [0.2, 0.25) is 0 Å². The summed E-state index contributed by atoms with van der Waals surface area (Å²) in [6.45, 7) is 12.5. The van der Waals surface area contributed by atoms with E-state index in [0.717, 1.165) is 72.0 Å². The number of nitrogens with zero attached hydrogens (tertiary/aromatic N) is 1. The van der Waals surface area contributed by atoms with Gasteiger partial charge >= 0.3 is 0 Å². The minimum Gasteiger partial charge on any atom is -0.455 e. The van der Waals surface area contributed by atoms with Crippen LogP contribution >= 0.6 is 0 Å². The standard InChI is InChI=1S/C59H45NO/c1-5-8-11-21-40(4)59(44-24-14-10-15-25-44)53-36-34-46(39-52(53)57-54(59)37-35-51-50-28-18-19-29-56(50)61-58(51)57)60(45-32-30-42(31-33-45)41-22-12-9-13-23-41)55-38-43(20-6-2)47(7-3)48-26-16-17-27-49(48)55/h5-39H,1,3H2,2,4H3/b11-8-,20-6-,40-21+. The third kappa shape index (κ3) is 6.02. The Balaban J connectivity index is 1.30. The van der Waals surface area contributed by atoms with Gasteiger partial charge in [-0.05, 0) is 100 Å². The largest absolute Gasteiger partial charge is 0.455 e. The van der Waals surface area contributed by atoms with Crippen molar-refractivity contribution in [2.45, 2.75) is 19.3 Å². The highest BCUT2D eigenvalue weighted by atomic mass is 16.3. The van der Waals surface area contributed by atoms with E-state index in [9.17, 15) is 0 Å². The number of benzene rings is 8. The Morgan fingerprint density at radius 1 is 0.607 bits per heavy atom. The van der Waals surface area contributed by atoms with E-state index in [2.05, 4.69) is 226 Å². The van der Waals surface area contributed by atoms with Crippen LogP contribution in [-0.4, -0.2) is 0 Å². The van der Waals surface area contributed by atoms with Gasteiger partial charge in [0.2, 0.25) is 0 Å². The van der Waals surface area contributed by atoms with Gasteiger partial charge in [0.25, 0.3) is 0 Å². The van der Waals surface area contributed by atoms with Crippen LogP contribution < -0.4 is 4.90 Å². The lowest BCUT2D eigenvalue weighted by atomic mass is 9.67. The van der Waals surface area contributed by atoms with E-state index >= 15 is 0 Å². The topological polar surface area (TPSA) is 16.4 Å². The second-order valence-corrected chi connectivity index (χ2v) is 15.7. The normalized spacial score (nSPS) is 14.9. The third-order valence-corrected chi connectivity index (χ3v) is 12.4. The molecule has 1 heterocycles. The first-order valence-electron chi connectivity index (χ1n) is 20.9. The number of anilines is 3. The smallest absolute Gasteiger partial charge is 0.143 e. The fraction of sp³-hybridized carbons (Fsp3) is 0.0508. The lowest BCUT2D eigenvalue weighted by Gasteiger charge is -2.35. The Morgan fingerprint density at radius 2 is 1.26 bits per heavy atom. The van der Waals surface area contributed by atoms with Gasteiger partial charge in [0.1, 0.15) is 11.2 Å². The zero-order chi connectivity index (χ0) is 41.5. The summed E-state index contributed by atoms with van der Waals surface area (Å²) in [5, 5.41) is 4.52. The fourth-order valence-electron chi connectivity index (χ4n) is 9.76. The number of rotatable bonds is 10. The Hall–Kier alpha value is -7.68. The maximum Gasteiger partial charge on any atom is 0.143 e. The van der Waals surface area contributed by atoms with Crippen molar-refractivity contribution in [3.8, 4) is 22.3 Å². The van der Waals surface area contributed by atoms with Crippen molar-refractivity contribution in [3.05, 3.63) is 247 Å². The molecule has 61 heavy (non-hydrogen) atoms. The highest BCUT2D eigenvalue weighted by Crippen LogP contribution is 2.60. The Labute approximate surface area is 358 Å². The summed E-state index contributed by atoms with van der Waals surface area (Å²) in [4.78, 5) is 2.42. The predicted molar refractivity (Wildman–Crippen MR) is 261 cm³/mol. The summed E-state index contributed by atoms with van der Waals surface area (Å²) in [6, 6.07) is 61.5. The highest BCUT2D eigenvalue weighted by molar-refractivity contribution is 6.13. The van der Waals surface area contributed by atoms with Crippen molar-refractivity contribution in [1.82, 2.24) is 0 Å². The maximum atomic E-state index is 6.93. The van der Waals surface area contributed by atoms with Gasteiger partial charge in [-0.1, -0.05) is 195 Å². The SMILES string of the molecule is C=C/C=C\C=C(/C)C1(c2ccccc2)c2ccc(N(c3ccc(-c4ccccc4)cc3)c3cc(/C=C\C)c(C=C)c4ccccc34)cc2-c2c1ccc1c2oc2ccccc21. The molecule has 10 rings (SSSR count). The summed E-state index contributed by atoms with van der Waals surface area (Å²) >= 11 is 0. The lowest BCUT2D eigenvalue weighted by molar-refractivity contribution is 0.668. The van der Waals surface area contributed by atoms with Crippen LogP contribution in [0.15, 0.2) is 223 Å². The van der Waals surface area contributed by atoms with Gasteiger partial charge in [-0.15, -0.1) is 0 Å². The molecule has 0 N–H and O–H groups in total. The van der Waals surface area contributed by atoms with Crippen LogP contribution in [0.5, 0.6) is 0 Å². The lowest BCUT2D eigenvalue weighted by Crippen LogP contribution is -2.28. The summed E-state index contributed by atoms with van der Waals surface area (Å²) < 4.78 is 6.93. The molecule has 1 atom stereocenters. The number of hydrogen-bond acceptors (Lipinski definition) is 2. The van der Waals surface area contributed by atoms with E-state index < -0.39 is 5.41 Å². The molecule has 1 aliphatic rings. The molecule has 2 heteroatoms. The Morgan fingerprint density at radius 3 is 2.00 bits per heavy atom. The van der Waals surface area contributed by atoms with Crippen molar-refractivity contribution in [3.63, 3.8) is 0 Å². The number of para-hydroxylation sites is 1. The first-order valence-corrected chi connectivity index (χ1v) is 20.9. The second kappa shape index (κ2) is 15.5. The van der Waals surface area contributed by atoms with Crippen LogP contribution in [-0.2, 0) is 5.41 Å². The molecule has 0 amide bonds. The Kier molecular flexibility index (Phi) is 9.54. The van der Waals surface area contributed by atoms with Crippen LogP contribution in [0, 0.1) is 0 Å². The molecule has 292 valence electrons. The minimum atomic E-state index is -0.595. The Bertz CT molecular complexity index is 3230. The molecular formula is C59H45NO. The van der Waals surface area contributed by atoms with E-state index in [0.29, 0.717) is 0 Å². The van der Waals surface area contributed by atoms with Crippen LogP contribution in [0.25, 0.3) is 67.1 Å². The van der Waals surface area contributed by atoms with E-state index in [-0.39, 0.29) is 0 Å². The van der Waals surface area contributed by atoms with Crippen molar-refractivity contribution in [1.29, 1.82) is 0 Å². The fourth-order valence-corrected chi connectivity index (χ4v) is 9.76. The van der Waals surface area contributed by atoms with Crippen molar-refractivity contribution >= 4 is 61.9 Å². The van der Waals surface area contributed by atoms with E-state index in [1.807, 2.05) is 18.2 Å². The zero-order valence-corrected chi connectivity index (χ0v) is 34.5. The molecule has 0 fully saturated rings. The van der Waals surface area contributed by atoms with Gasteiger partial charge in [0.15, 0.2) is 0 Å². The molecule has 1 unspecified atom stereocenters. The number of fused-ring (bicyclic) bond motifs is 8. The quantitative estimate of drug-likeness (QED) is 0.128. The maximum absolute atomic E-state index is 6.93. The van der Waals surface area contributed by atoms with Crippen LogP contribution in [0.3, 0.4) is 0 Å². The monoisotopic (exact) mass is 783 g/mol. The first-order chi connectivity index (χ1) is 30.1. The van der Waals surface area contributed by atoms with Crippen LogP contribution in [0.4, 0.5) is 17.1 Å². The molecule has 1 aromatic heterocycles. The predicted octanol–water partition coefficient (Wildman–Crippen LogP) is 16.6. The molecule has 2 nitrogen and oxygen atoms in total. The van der Waals surface area contributed by atoms with E-state index in [1.165, 1.54) is 33.4 Å². The van der Waals surface area contributed by atoms with E-state index in [4.69, 9.17) is 4.42 Å². The zero-order valence-electron chi connectivity index (χ0n) is 34.5. The highest BCUT2D eigenvalue weighted by Gasteiger charge is 2.47. The second-order valence-electron chi connectivity index (χ2n) is 15.7. The van der Waals surface area contributed by atoms with Gasteiger partial charge in [0.05, 0.1) is 11.1 Å². The van der Waals surface area contributed by atoms with Crippen molar-refractivity contribution < 1.29 is 4.42 Å². The van der Waals surface area contributed by atoms with Gasteiger partial charge in [-0.25, -0.2) is 0 Å². The molecule has 9 aromatic rings. The molecule has 8 aromatic carbocycles. The molecule has 0 aliphatic heterocycles. The van der Waals surface area contributed by atoms with Gasteiger partial charge in [-0.3, -0.25) is 0 Å². The van der Waals surface area contributed by atoms with Gasteiger partial charge in [-0.2, -0.15) is 0 Å². The summed E-state index contributed by atoms with van der Waals surface area (Å²) in [5.74, 6) is 0. The molecule has 0 saturated heterocycles. The number of furan rings is 1. The third-order valence-electron chi connectivity index (χ3n) is 12.4. The summed E-state index contributed by atoms with van der Waals surface area (Å²) in [5.41, 5.74) is 16.1. The molecule has 1 aliphatic carbocycles. The van der Waals surface area contributed by atoms with Gasteiger partial charge in [0, 0.05) is 33.1 Å². The molecule has 0 spiro atoms. The molecule has 0 bridgehead atoms. The molecular weight excluding hydrogens is 739 g/mol. The first kappa shape index (κ1) is 37.6. The van der Waals surface area contributed by atoms with Crippen molar-refractivity contribution in [2.24, 2.45) is 0 Å². The van der Waals surface area contributed by atoms with Crippen LogP contribution in [0.1, 0.15) is 41.7 Å². The minimum absolute atomic E-state index is 0.595. The average Bonchev–Trinajstić information content (AvgIpc) is 3.84. The molecule has 0 radical (unpaired) electrons. The van der Waals surface area contributed by atoms with E-state index in [1.54, 1.807) is 0 Å². The molecule has 0 saturated carbocycles. The average molecular weight is 784 g/mol. The summed E-state index contributed by atoms with van der Waals surface area (Å²) in [7, 11) is 0.